The monoisotopic (exact) mass is 333 g/mol. The molecule has 1 aromatic carbocycles. The van der Waals surface area contributed by atoms with E-state index in [0.29, 0.717) is 13.1 Å². The van der Waals surface area contributed by atoms with Crippen LogP contribution in [0.5, 0.6) is 0 Å². The molecular weight excluding hydrogens is 302 g/mol. The number of fused-ring (bicyclic) bond motifs is 1. The normalized spacial score (nSPS) is 18.1. The van der Waals surface area contributed by atoms with Crippen molar-refractivity contribution >= 4 is 11.7 Å². The summed E-state index contributed by atoms with van der Waals surface area (Å²) in [5, 5.41) is 12.3. The molecule has 134 valence electrons. The minimum Gasteiger partial charge on any atom is -0.396 e. The molecule has 0 saturated carbocycles. The smallest absolute Gasteiger partial charge is 0.318 e. The van der Waals surface area contributed by atoms with Gasteiger partial charge in [-0.1, -0.05) is 32.0 Å². The number of likely N-dealkylation sites (N-methyl/N-ethyl adjacent to an activating group) is 1. The summed E-state index contributed by atoms with van der Waals surface area (Å²) in [6.45, 7) is 8.45. The number of para-hydroxylation sites is 1. The number of urea groups is 1. The van der Waals surface area contributed by atoms with Crippen LogP contribution in [-0.4, -0.2) is 48.8 Å². The Hall–Kier alpha value is -1.75. The molecule has 0 bridgehead atoms. The van der Waals surface area contributed by atoms with Crippen LogP contribution in [0.4, 0.5) is 10.5 Å². The van der Waals surface area contributed by atoms with Gasteiger partial charge in [0, 0.05) is 45.0 Å². The van der Waals surface area contributed by atoms with Crippen molar-refractivity contribution in [1.82, 2.24) is 10.2 Å². The van der Waals surface area contributed by atoms with E-state index in [4.69, 9.17) is 0 Å². The number of nitrogens with one attached hydrogen (secondary N) is 1. The van der Waals surface area contributed by atoms with Gasteiger partial charge in [0.25, 0.3) is 0 Å². The second-order valence-electron chi connectivity index (χ2n) is 7.64. The highest BCUT2D eigenvalue weighted by atomic mass is 16.3. The summed E-state index contributed by atoms with van der Waals surface area (Å²) in [7, 11) is 2.08. The summed E-state index contributed by atoms with van der Waals surface area (Å²) in [6, 6.07) is 8.41. The van der Waals surface area contributed by atoms with Crippen molar-refractivity contribution in [3.05, 3.63) is 29.8 Å². The van der Waals surface area contributed by atoms with Gasteiger partial charge in [-0.2, -0.15) is 0 Å². The zero-order valence-electron chi connectivity index (χ0n) is 15.4. The van der Waals surface area contributed by atoms with Crippen LogP contribution >= 0.6 is 0 Å². The van der Waals surface area contributed by atoms with Gasteiger partial charge in [-0.25, -0.2) is 4.79 Å². The first-order valence-corrected chi connectivity index (χ1v) is 8.78. The van der Waals surface area contributed by atoms with Gasteiger partial charge in [0.15, 0.2) is 0 Å². The van der Waals surface area contributed by atoms with Gasteiger partial charge in [-0.15, -0.1) is 0 Å². The Labute approximate surface area is 145 Å². The van der Waals surface area contributed by atoms with Crippen molar-refractivity contribution < 1.29 is 9.90 Å². The molecule has 2 N–H and O–H groups in total. The molecule has 0 radical (unpaired) electrons. The highest BCUT2D eigenvalue weighted by Crippen LogP contribution is 2.26. The number of amides is 2. The first-order valence-electron chi connectivity index (χ1n) is 8.78. The van der Waals surface area contributed by atoms with E-state index in [2.05, 4.69) is 36.3 Å². The molecular formula is C19H31N3O2. The van der Waals surface area contributed by atoms with Gasteiger partial charge in [-0.3, -0.25) is 0 Å². The Morgan fingerprint density at radius 2 is 2.08 bits per heavy atom. The fraction of sp³-hybridized carbons (Fsp3) is 0.632. The summed E-state index contributed by atoms with van der Waals surface area (Å²) >= 11 is 0. The Morgan fingerprint density at radius 3 is 2.79 bits per heavy atom. The van der Waals surface area contributed by atoms with Crippen LogP contribution in [0.1, 0.15) is 39.2 Å². The third-order valence-corrected chi connectivity index (χ3v) is 4.81. The van der Waals surface area contributed by atoms with Crippen LogP contribution in [0.25, 0.3) is 0 Å². The molecule has 1 aliphatic heterocycles. The predicted molar refractivity (Wildman–Crippen MR) is 98.2 cm³/mol. The number of carbonyl (C=O) groups excluding carboxylic acids is 1. The van der Waals surface area contributed by atoms with E-state index in [1.54, 1.807) is 0 Å². The highest BCUT2D eigenvalue weighted by molar-refractivity contribution is 5.75. The lowest BCUT2D eigenvalue weighted by molar-refractivity contribution is 0.146. The SMILES string of the molecule is C[C@H]1CN(C)c2ccccc2CN1C(=O)NCCCC(C)(C)CO. The van der Waals surface area contributed by atoms with Crippen molar-refractivity contribution in [2.24, 2.45) is 5.41 Å². The first-order chi connectivity index (χ1) is 11.3. The minimum atomic E-state index is -0.0811. The van der Waals surface area contributed by atoms with E-state index in [1.807, 2.05) is 30.9 Å². The number of benzene rings is 1. The minimum absolute atomic E-state index is 0.00518. The van der Waals surface area contributed by atoms with E-state index < -0.39 is 0 Å². The molecule has 0 unspecified atom stereocenters. The molecule has 1 aliphatic rings. The molecule has 1 atom stereocenters. The van der Waals surface area contributed by atoms with Crippen molar-refractivity contribution in [3.8, 4) is 0 Å². The maximum absolute atomic E-state index is 12.6. The molecule has 0 aliphatic carbocycles. The van der Waals surface area contributed by atoms with E-state index in [-0.39, 0.29) is 24.1 Å². The zero-order valence-corrected chi connectivity index (χ0v) is 15.4. The fourth-order valence-electron chi connectivity index (χ4n) is 3.16. The molecule has 5 heteroatoms. The van der Waals surface area contributed by atoms with E-state index >= 15 is 0 Å². The van der Waals surface area contributed by atoms with Gasteiger partial charge >= 0.3 is 6.03 Å². The highest BCUT2D eigenvalue weighted by Gasteiger charge is 2.26. The molecule has 0 fully saturated rings. The predicted octanol–water partition coefficient (Wildman–Crippen LogP) is 2.84. The average Bonchev–Trinajstić information content (AvgIpc) is 2.68. The molecule has 0 saturated heterocycles. The number of anilines is 1. The third-order valence-electron chi connectivity index (χ3n) is 4.81. The fourth-order valence-corrected chi connectivity index (χ4v) is 3.16. The van der Waals surface area contributed by atoms with Crippen LogP contribution in [0.2, 0.25) is 0 Å². The van der Waals surface area contributed by atoms with Crippen molar-refractivity contribution in [2.75, 3.05) is 31.6 Å². The number of nitrogens with zero attached hydrogens (tertiary/aromatic N) is 2. The molecule has 0 spiro atoms. The van der Waals surface area contributed by atoms with Gasteiger partial charge in [0.05, 0.1) is 0 Å². The number of rotatable bonds is 5. The van der Waals surface area contributed by atoms with Crippen LogP contribution in [0.3, 0.4) is 0 Å². The third kappa shape index (κ3) is 4.63. The molecule has 1 aromatic rings. The quantitative estimate of drug-likeness (QED) is 0.815. The molecule has 2 rings (SSSR count). The van der Waals surface area contributed by atoms with E-state index in [0.717, 1.165) is 19.4 Å². The topological polar surface area (TPSA) is 55.8 Å². The van der Waals surface area contributed by atoms with E-state index in [1.165, 1.54) is 11.3 Å². The number of hydrogen-bond acceptors (Lipinski definition) is 3. The van der Waals surface area contributed by atoms with Gasteiger partial charge < -0.3 is 20.2 Å². The Bertz CT molecular complexity index is 559. The number of carbonyl (C=O) groups is 1. The van der Waals surface area contributed by atoms with Gasteiger partial charge in [0.1, 0.15) is 0 Å². The standard InChI is InChI=1S/C19H31N3O2/c1-15-12-21(4)17-9-6-5-8-16(17)13-22(15)18(24)20-11-7-10-19(2,3)14-23/h5-6,8-9,15,23H,7,10-14H2,1-4H3,(H,20,24)/t15-/m0/s1. The Morgan fingerprint density at radius 1 is 1.38 bits per heavy atom. The average molecular weight is 333 g/mol. The summed E-state index contributed by atoms with van der Waals surface area (Å²) in [4.78, 5) is 16.8. The van der Waals surface area contributed by atoms with Crippen LogP contribution in [0, 0.1) is 5.41 Å². The first kappa shape index (κ1) is 18.6. The largest absolute Gasteiger partial charge is 0.396 e. The lowest BCUT2D eigenvalue weighted by atomic mass is 9.89. The van der Waals surface area contributed by atoms with Crippen LogP contribution in [-0.2, 0) is 6.54 Å². The Kier molecular flexibility index (Phi) is 6.10. The zero-order chi connectivity index (χ0) is 17.7. The van der Waals surface area contributed by atoms with Gasteiger partial charge in [0.2, 0.25) is 0 Å². The van der Waals surface area contributed by atoms with Gasteiger partial charge in [-0.05, 0) is 36.8 Å². The molecule has 5 nitrogen and oxygen atoms in total. The molecule has 24 heavy (non-hydrogen) atoms. The number of hydrogen-bond donors (Lipinski definition) is 2. The maximum atomic E-state index is 12.6. The second kappa shape index (κ2) is 7.88. The second-order valence-corrected chi connectivity index (χ2v) is 7.64. The summed E-state index contributed by atoms with van der Waals surface area (Å²) in [5.41, 5.74) is 2.30. The molecule has 1 heterocycles. The lowest BCUT2D eigenvalue weighted by Gasteiger charge is -2.29. The molecule has 0 aromatic heterocycles. The van der Waals surface area contributed by atoms with Crippen molar-refractivity contribution in [2.45, 2.75) is 46.2 Å². The Balaban J connectivity index is 1.94. The summed E-state index contributed by atoms with van der Waals surface area (Å²) in [5.74, 6) is 0. The maximum Gasteiger partial charge on any atom is 0.318 e. The number of aliphatic hydroxyl groups excluding tert-OH is 1. The van der Waals surface area contributed by atoms with E-state index in [9.17, 15) is 9.90 Å². The van der Waals surface area contributed by atoms with Crippen molar-refractivity contribution in [1.29, 1.82) is 0 Å². The van der Waals surface area contributed by atoms with Crippen LogP contribution in [0.15, 0.2) is 24.3 Å². The number of aliphatic hydroxyl groups is 1. The molecule has 2 amide bonds. The van der Waals surface area contributed by atoms with Crippen LogP contribution < -0.4 is 10.2 Å². The lowest BCUT2D eigenvalue weighted by Crippen LogP contribution is -2.47. The summed E-state index contributed by atoms with van der Waals surface area (Å²) < 4.78 is 0. The van der Waals surface area contributed by atoms with Crippen molar-refractivity contribution in [3.63, 3.8) is 0 Å². The summed E-state index contributed by atoms with van der Waals surface area (Å²) in [6.07, 6.45) is 1.77.